The summed E-state index contributed by atoms with van der Waals surface area (Å²) in [5.74, 6) is 0.642. The fourth-order valence-electron chi connectivity index (χ4n) is 3.21. The number of rotatable bonds is 3. The molecule has 0 radical (unpaired) electrons. The van der Waals surface area contributed by atoms with Crippen LogP contribution in [0.25, 0.3) is 11.4 Å². The minimum absolute atomic E-state index is 0.0164. The molecule has 4 heterocycles. The molecule has 0 aromatic carbocycles. The maximum atomic E-state index is 12.6. The predicted molar refractivity (Wildman–Crippen MR) is 94.6 cm³/mol. The van der Waals surface area contributed by atoms with Crippen molar-refractivity contribution >= 4 is 5.91 Å². The van der Waals surface area contributed by atoms with Crippen LogP contribution in [0.1, 0.15) is 40.7 Å². The zero-order valence-corrected chi connectivity index (χ0v) is 15.1. The molecular formula is C19H16F3N5O2. The number of carbonyl (C=O) groups excluding carboxylic acids is 1. The lowest BCUT2D eigenvalue weighted by atomic mass is 9.96. The number of nitrogens with zero attached hydrogens (tertiary/aromatic N) is 5. The van der Waals surface area contributed by atoms with Crippen LogP contribution in [-0.2, 0) is 6.18 Å². The molecule has 4 rings (SSSR count). The van der Waals surface area contributed by atoms with Gasteiger partial charge in [0, 0.05) is 43.2 Å². The van der Waals surface area contributed by atoms with Crippen LogP contribution >= 0.6 is 0 Å². The molecular weight excluding hydrogens is 387 g/mol. The summed E-state index contributed by atoms with van der Waals surface area (Å²) in [5.41, 5.74) is -0.133. The molecule has 3 aromatic rings. The average Bonchev–Trinajstić information content (AvgIpc) is 3.24. The van der Waals surface area contributed by atoms with Crippen LogP contribution in [0.2, 0.25) is 0 Å². The van der Waals surface area contributed by atoms with E-state index >= 15 is 0 Å². The molecule has 7 nitrogen and oxygen atoms in total. The molecule has 0 N–H and O–H groups in total. The second kappa shape index (κ2) is 7.61. The second-order valence-electron chi connectivity index (χ2n) is 6.69. The van der Waals surface area contributed by atoms with Crippen LogP contribution in [0.3, 0.4) is 0 Å². The van der Waals surface area contributed by atoms with Crippen molar-refractivity contribution in [3.05, 3.63) is 60.0 Å². The molecule has 0 atom stereocenters. The molecule has 0 spiro atoms. The van der Waals surface area contributed by atoms with Gasteiger partial charge in [0.15, 0.2) is 0 Å². The second-order valence-corrected chi connectivity index (χ2v) is 6.69. The molecule has 0 aliphatic carbocycles. The van der Waals surface area contributed by atoms with Crippen LogP contribution < -0.4 is 0 Å². The summed E-state index contributed by atoms with van der Waals surface area (Å²) < 4.78 is 43.2. The monoisotopic (exact) mass is 403 g/mol. The molecule has 1 amide bonds. The van der Waals surface area contributed by atoms with Crippen LogP contribution in [-0.4, -0.2) is 44.0 Å². The minimum atomic E-state index is -4.53. The first-order valence-corrected chi connectivity index (χ1v) is 8.98. The van der Waals surface area contributed by atoms with Gasteiger partial charge in [-0.15, -0.1) is 0 Å². The van der Waals surface area contributed by atoms with E-state index in [1.165, 1.54) is 0 Å². The van der Waals surface area contributed by atoms with Gasteiger partial charge < -0.3 is 9.42 Å². The molecule has 1 saturated heterocycles. The first-order chi connectivity index (χ1) is 13.9. The largest absolute Gasteiger partial charge is 0.433 e. The number of pyridine rings is 2. The molecule has 3 aromatic heterocycles. The number of aromatic nitrogens is 4. The van der Waals surface area contributed by atoms with E-state index in [1.54, 1.807) is 23.4 Å². The smallest absolute Gasteiger partial charge is 0.339 e. The van der Waals surface area contributed by atoms with Gasteiger partial charge in [-0.3, -0.25) is 14.8 Å². The average molecular weight is 403 g/mol. The Morgan fingerprint density at radius 3 is 2.55 bits per heavy atom. The highest BCUT2D eigenvalue weighted by atomic mass is 19.4. The Morgan fingerprint density at radius 1 is 1.14 bits per heavy atom. The zero-order valence-electron chi connectivity index (χ0n) is 15.1. The minimum Gasteiger partial charge on any atom is -0.339 e. The van der Waals surface area contributed by atoms with Gasteiger partial charge >= 0.3 is 6.18 Å². The number of piperidine rings is 1. The van der Waals surface area contributed by atoms with E-state index in [4.69, 9.17) is 4.52 Å². The molecule has 1 fully saturated rings. The lowest BCUT2D eigenvalue weighted by Crippen LogP contribution is -2.38. The van der Waals surface area contributed by atoms with E-state index in [2.05, 4.69) is 20.1 Å². The number of hydrogen-bond donors (Lipinski definition) is 0. The van der Waals surface area contributed by atoms with E-state index in [0.717, 1.165) is 23.9 Å². The number of carbonyl (C=O) groups is 1. The third-order valence-corrected chi connectivity index (χ3v) is 4.79. The van der Waals surface area contributed by atoms with Crippen molar-refractivity contribution in [3.8, 4) is 11.4 Å². The van der Waals surface area contributed by atoms with Crippen LogP contribution in [0.4, 0.5) is 13.2 Å². The van der Waals surface area contributed by atoms with Gasteiger partial charge in [-0.05, 0) is 37.1 Å². The van der Waals surface area contributed by atoms with Gasteiger partial charge in [0.25, 0.3) is 5.91 Å². The van der Waals surface area contributed by atoms with E-state index in [-0.39, 0.29) is 17.4 Å². The van der Waals surface area contributed by atoms with E-state index in [9.17, 15) is 18.0 Å². The topological polar surface area (TPSA) is 85.0 Å². The number of alkyl halides is 3. The Bertz CT molecular complexity index is 981. The summed E-state index contributed by atoms with van der Waals surface area (Å²) in [6.45, 7) is 0.879. The predicted octanol–water partition coefficient (Wildman–Crippen LogP) is 3.57. The van der Waals surface area contributed by atoms with E-state index < -0.39 is 11.9 Å². The van der Waals surface area contributed by atoms with Crippen molar-refractivity contribution in [1.82, 2.24) is 25.0 Å². The molecule has 1 aliphatic rings. The van der Waals surface area contributed by atoms with Crippen molar-refractivity contribution < 1.29 is 22.5 Å². The first-order valence-electron chi connectivity index (χ1n) is 8.98. The molecule has 0 saturated carbocycles. The van der Waals surface area contributed by atoms with Crippen molar-refractivity contribution in [2.45, 2.75) is 24.9 Å². The summed E-state index contributed by atoms with van der Waals surface area (Å²) in [6.07, 6.45) is 0.981. The summed E-state index contributed by atoms with van der Waals surface area (Å²) in [6, 6.07) is 5.59. The van der Waals surface area contributed by atoms with Gasteiger partial charge in [0.1, 0.15) is 5.69 Å². The molecule has 0 unspecified atom stereocenters. The summed E-state index contributed by atoms with van der Waals surface area (Å²) >= 11 is 0. The Kier molecular flexibility index (Phi) is 4.99. The summed E-state index contributed by atoms with van der Waals surface area (Å²) in [5, 5.41) is 3.98. The van der Waals surface area contributed by atoms with Crippen LogP contribution in [0.5, 0.6) is 0 Å². The van der Waals surface area contributed by atoms with Gasteiger partial charge in [0.05, 0.1) is 5.56 Å². The number of amides is 1. The lowest BCUT2D eigenvalue weighted by molar-refractivity contribution is -0.141. The van der Waals surface area contributed by atoms with Crippen molar-refractivity contribution in [2.24, 2.45) is 0 Å². The number of likely N-dealkylation sites (tertiary alicyclic amines) is 1. The van der Waals surface area contributed by atoms with Crippen molar-refractivity contribution in [2.75, 3.05) is 13.1 Å². The molecule has 29 heavy (non-hydrogen) atoms. The van der Waals surface area contributed by atoms with Crippen LogP contribution in [0, 0.1) is 0 Å². The first kappa shape index (κ1) is 19.0. The summed E-state index contributed by atoms with van der Waals surface area (Å²) in [4.78, 5) is 25.9. The standard InChI is InChI=1S/C19H16F3N5O2/c20-19(21,22)15-4-3-14(11-24-15)18(28)27-8-5-12(6-9-27)17-25-16(26-29-17)13-2-1-7-23-10-13/h1-4,7,10-12H,5-6,8-9H2. The molecule has 10 heteroatoms. The Labute approximate surface area is 163 Å². The van der Waals surface area contributed by atoms with Crippen molar-refractivity contribution in [1.29, 1.82) is 0 Å². The van der Waals surface area contributed by atoms with Gasteiger partial charge in [0.2, 0.25) is 11.7 Å². The molecule has 0 bridgehead atoms. The van der Waals surface area contributed by atoms with E-state index in [0.29, 0.717) is 37.6 Å². The zero-order chi connectivity index (χ0) is 20.4. The Morgan fingerprint density at radius 2 is 1.93 bits per heavy atom. The normalized spacial score (nSPS) is 15.5. The quantitative estimate of drug-likeness (QED) is 0.665. The fourth-order valence-corrected chi connectivity index (χ4v) is 3.21. The molecule has 150 valence electrons. The maximum Gasteiger partial charge on any atom is 0.433 e. The maximum absolute atomic E-state index is 12.6. The number of hydrogen-bond acceptors (Lipinski definition) is 6. The highest BCUT2D eigenvalue weighted by Gasteiger charge is 2.33. The van der Waals surface area contributed by atoms with Gasteiger partial charge in [-0.25, -0.2) is 0 Å². The fraction of sp³-hybridized carbons (Fsp3) is 0.316. The highest BCUT2D eigenvalue weighted by Crippen LogP contribution is 2.30. The summed E-state index contributed by atoms with van der Waals surface area (Å²) in [7, 11) is 0. The van der Waals surface area contributed by atoms with Gasteiger partial charge in [-0.1, -0.05) is 5.16 Å². The third kappa shape index (κ3) is 4.10. The van der Waals surface area contributed by atoms with Crippen LogP contribution in [0.15, 0.2) is 47.4 Å². The third-order valence-electron chi connectivity index (χ3n) is 4.79. The van der Waals surface area contributed by atoms with Gasteiger partial charge in [-0.2, -0.15) is 18.2 Å². The van der Waals surface area contributed by atoms with E-state index in [1.807, 2.05) is 6.07 Å². The number of halogens is 3. The Hall–Kier alpha value is -3.30. The Balaban J connectivity index is 1.38. The molecule has 1 aliphatic heterocycles. The SMILES string of the molecule is O=C(c1ccc(C(F)(F)F)nc1)N1CCC(c2nc(-c3cccnc3)no2)CC1. The highest BCUT2D eigenvalue weighted by molar-refractivity contribution is 5.94. The lowest BCUT2D eigenvalue weighted by Gasteiger charge is -2.30. The van der Waals surface area contributed by atoms with Crippen molar-refractivity contribution in [3.63, 3.8) is 0 Å².